The number of aliphatic hydroxyl groups excluding tert-OH is 1. The van der Waals surface area contributed by atoms with Crippen molar-refractivity contribution in [3.63, 3.8) is 0 Å². The summed E-state index contributed by atoms with van der Waals surface area (Å²) in [4.78, 5) is 12.9. The summed E-state index contributed by atoms with van der Waals surface area (Å²) in [5, 5.41) is 22.9. The van der Waals surface area contributed by atoms with Gasteiger partial charge in [-0.15, -0.1) is 0 Å². The van der Waals surface area contributed by atoms with E-state index in [9.17, 15) is 9.90 Å². The van der Waals surface area contributed by atoms with Crippen molar-refractivity contribution < 1.29 is 15.0 Å². The summed E-state index contributed by atoms with van der Waals surface area (Å²) < 4.78 is 0. The molecule has 0 spiro atoms. The smallest absolute Gasteiger partial charge is 0.335 e. The molecule has 0 saturated carbocycles. The van der Waals surface area contributed by atoms with Gasteiger partial charge in [-0.3, -0.25) is 0 Å². The summed E-state index contributed by atoms with van der Waals surface area (Å²) >= 11 is 0. The molecule has 0 saturated heterocycles. The summed E-state index contributed by atoms with van der Waals surface area (Å²) in [7, 11) is 0. The molecule has 3 N–H and O–H groups in total. The van der Waals surface area contributed by atoms with E-state index in [1.54, 1.807) is 12.1 Å². The number of carbonyl (C=O) groups is 1. The number of aliphatic hydroxyl groups is 1. The molecule has 29 heavy (non-hydrogen) atoms. The van der Waals surface area contributed by atoms with E-state index in [0.29, 0.717) is 12.2 Å². The fraction of sp³-hybridized carbons (Fsp3) is 0.458. The van der Waals surface area contributed by atoms with Crippen LogP contribution in [0.2, 0.25) is 0 Å². The van der Waals surface area contributed by atoms with Gasteiger partial charge in [-0.1, -0.05) is 33.8 Å². The molecular formula is C24H32N2O3. The van der Waals surface area contributed by atoms with Crippen LogP contribution in [-0.4, -0.2) is 29.1 Å². The highest BCUT2D eigenvalue weighted by atomic mass is 16.4. The van der Waals surface area contributed by atoms with Crippen LogP contribution >= 0.6 is 0 Å². The van der Waals surface area contributed by atoms with Crippen molar-refractivity contribution in [2.24, 2.45) is 0 Å². The summed E-state index contributed by atoms with van der Waals surface area (Å²) in [6.07, 6.45) is 1.38. The Morgan fingerprint density at radius 1 is 1.03 bits per heavy atom. The van der Waals surface area contributed by atoms with E-state index < -0.39 is 12.3 Å². The Morgan fingerprint density at radius 3 is 2.17 bits per heavy atom. The van der Waals surface area contributed by atoms with Crippen molar-refractivity contribution >= 4 is 17.3 Å². The van der Waals surface area contributed by atoms with Crippen LogP contribution in [0.3, 0.4) is 0 Å². The molecule has 2 aromatic carbocycles. The van der Waals surface area contributed by atoms with Gasteiger partial charge in [0.2, 0.25) is 6.35 Å². The molecule has 5 nitrogen and oxygen atoms in total. The van der Waals surface area contributed by atoms with Gasteiger partial charge in [0.1, 0.15) is 0 Å². The third kappa shape index (κ3) is 4.25. The third-order valence-corrected chi connectivity index (χ3v) is 6.23. The van der Waals surface area contributed by atoms with E-state index in [4.69, 9.17) is 5.11 Å². The molecule has 0 aliphatic heterocycles. The molecule has 1 aliphatic rings. The zero-order valence-corrected chi connectivity index (χ0v) is 18.0. The first-order chi connectivity index (χ1) is 13.5. The Labute approximate surface area is 173 Å². The van der Waals surface area contributed by atoms with Crippen molar-refractivity contribution in [1.82, 2.24) is 0 Å². The van der Waals surface area contributed by atoms with E-state index in [0.717, 1.165) is 12.1 Å². The minimum Gasteiger partial charge on any atom is -0.478 e. The number of nitrogens with zero attached hydrogens (tertiary/aromatic N) is 1. The van der Waals surface area contributed by atoms with Gasteiger partial charge in [-0.05, 0) is 78.1 Å². The second-order valence-electron chi connectivity index (χ2n) is 9.18. The fourth-order valence-corrected chi connectivity index (χ4v) is 4.19. The average molecular weight is 397 g/mol. The van der Waals surface area contributed by atoms with Gasteiger partial charge in [0.25, 0.3) is 0 Å². The lowest BCUT2D eigenvalue weighted by atomic mass is 9.63. The predicted octanol–water partition coefficient (Wildman–Crippen LogP) is 4.95. The van der Waals surface area contributed by atoms with Gasteiger partial charge in [0, 0.05) is 17.9 Å². The highest BCUT2D eigenvalue weighted by Gasteiger charge is 2.37. The average Bonchev–Trinajstić information content (AvgIpc) is 2.66. The summed E-state index contributed by atoms with van der Waals surface area (Å²) in [6, 6.07) is 12.9. The first-order valence-electron chi connectivity index (χ1n) is 10.2. The minimum absolute atomic E-state index is 0.102. The topological polar surface area (TPSA) is 72.8 Å². The van der Waals surface area contributed by atoms with Crippen molar-refractivity contribution in [3.8, 4) is 0 Å². The molecule has 0 fully saturated rings. The maximum absolute atomic E-state index is 11.0. The first kappa shape index (κ1) is 21.2. The van der Waals surface area contributed by atoms with Crippen LogP contribution in [0.25, 0.3) is 0 Å². The van der Waals surface area contributed by atoms with Crippen molar-refractivity contribution in [3.05, 3.63) is 59.2 Å². The molecule has 156 valence electrons. The number of carboxylic acid groups (broad SMARTS) is 1. The number of anilines is 2. The summed E-state index contributed by atoms with van der Waals surface area (Å²) in [5.74, 6) is -0.966. The van der Waals surface area contributed by atoms with Crippen LogP contribution in [-0.2, 0) is 10.8 Å². The molecule has 2 aromatic rings. The monoisotopic (exact) mass is 396 g/mol. The lowest BCUT2D eigenvalue weighted by Crippen LogP contribution is -2.41. The second kappa shape index (κ2) is 7.71. The Kier molecular flexibility index (Phi) is 5.63. The molecule has 0 bridgehead atoms. The van der Waals surface area contributed by atoms with E-state index in [1.165, 1.54) is 29.7 Å². The molecule has 0 heterocycles. The Balaban J connectivity index is 1.87. The maximum Gasteiger partial charge on any atom is 0.335 e. The zero-order chi connectivity index (χ0) is 21.4. The standard InChI is InChI=1S/C24H32N2O3/c1-6-26(22(29)25-17-9-7-16(8-10-17)21(27)28)18-11-12-19-20(15-18)24(4,5)14-13-23(19,2)3/h7-12,15,22,25,29H,6,13-14H2,1-5H3,(H,27,28). The van der Waals surface area contributed by atoms with Crippen molar-refractivity contribution in [2.75, 3.05) is 16.8 Å². The van der Waals surface area contributed by atoms with E-state index >= 15 is 0 Å². The Morgan fingerprint density at radius 2 is 1.62 bits per heavy atom. The van der Waals surface area contributed by atoms with Crippen LogP contribution < -0.4 is 10.2 Å². The summed E-state index contributed by atoms with van der Waals surface area (Å²) in [6.45, 7) is 11.8. The number of rotatable bonds is 6. The SMILES string of the molecule is CCN(c1ccc2c(c1)C(C)(C)CCC2(C)C)C(O)Nc1ccc(C(=O)O)cc1. The molecule has 5 heteroatoms. The van der Waals surface area contributed by atoms with Crippen LogP contribution in [0, 0.1) is 0 Å². The van der Waals surface area contributed by atoms with E-state index in [-0.39, 0.29) is 16.4 Å². The highest BCUT2D eigenvalue weighted by Crippen LogP contribution is 2.46. The predicted molar refractivity (Wildman–Crippen MR) is 118 cm³/mol. The van der Waals surface area contributed by atoms with Crippen LogP contribution in [0.5, 0.6) is 0 Å². The molecule has 0 aromatic heterocycles. The van der Waals surface area contributed by atoms with Gasteiger partial charge in [0.15, 0.2) is 0 Å². The van der Waals surface area contributed by atoms with Gasteiger partial charge in [0.05, 0.1) is 5.56 Å². The number of fused-ring (bicyclic) bond motifs is 1. The van der Waals surface area contributed by atoms with Crippen LogP contribution in [0.1, 0.15) is 68.9 Å². The number of nitrogens with one attached hydrogen (secondary N) is 1. The molecule has 1 aliphatic carbocycles. The molecule has 0 radical (unpaired) electrons. The fourth-order valence-electron chi connectivity index (χ4n) is 4.19. The number of carboxylic acids is 1. The maximum atomic E-state index is 11.0. The number of hydrogen-bond acceptors (Lipinski definition) is 4. The molecule has 3 rings (SSSR count). The summed E-state index contributed by atoms with van der Waals surface area (Å²) in [5.41, 5.74) is 4.86. The Bertz CT molecular complexity index is 887. The van der Waals surface area contributed by atoms with Crippen LogP contribution in [0.4, 0.5) is 11.4 Å². The third-order valence-electron chi connectivity index (χ3n) is 6.23. The molecule has 0 amide bonds. The van der Waals surface area contributed by atoms with Gasteiger partial charge in [-0.2, -0.15) is 0 Å². The molecule has 1 atom stereocenters. The zero-order valence-electron chi connectivity index (χ0n) is 18.0. The number of aromatic carboxylic acids is 1. The lowest BCUT2D eigenvalue weighted by Gasteiger charge is -2.42. The quantitative estimate of drug-likeness (QED) is 0.603. The number of benzene rings is 2. The van der Waals surface area contributed by atoms with Gasteiger partial charge >= 0.3 is 5.97 Å². The lowest BCUT2D eigenvalue weighted by molar-refractivity contribution is 0.0697. The molecule has 1 unspecified atom stereocenters. The number of hydrogen-bond donors (Lipinski definition) is 3. The molecular weight excluding hydrogens is 364 g/mol. The van der Waals surface area contributed by atoms with Gasteiger partial charge < -0.3 is 20.4 Å². The van der Waals surface area contributed by atoms with Crippen molar-refractivity contribution in [1.29, 1.82) is 0 Å². The Hall–Kier alpha value is -2.53. The van der Waals surface area contributed by atoms with Crippen molar-refractivity contribution in [2.45, 2.75) is 64.6 Å². The normalized spacial score (nSPS) is 17.9. The largest absolute Gasteiger partial charge is 0.478 e. The van der Waals surface area contributed by atoms with E-state index in [2.05, 4.69) is 51.2 Å². The van der Waals surface area contributed by atoms with Gasteiger partial charge in [-0.25, -0.2) is 4.79 Å². The first-order valence-corrected chi connectivity index (χ1v) is 10.2. The van der Waals surface area contributed by atoms with E-state index in [1.807, 2.05) is 11.8 Å². The highest BCUT2D eigenvalue weighted by molar-refractivity contribution is 5.88. The second-order valence-corrected chi connectivity index (χ2v) is 9.18. The van der Waals surface area contributed by atoms with Crippen LogP contribution in [0.15, 0.2) is 42.5 Å². The minimum atomic E-state index is -0.966.